The van der Waals surface area contributed by atoms with Gasteiger partial charge < -0.3 is 24.5 Å². The number of carbonyl (C=O) groups excluding carboxylic acids is 3. The van der Waals surface area contributed by atoms with Crippen molar-refractivity contribution in [1.29, 1.82) is 0 Å². The van der Waals surface area contributed by atoms with Crippen LogP contribution in [0.25, 0.3) is 11.1 Å². The molecule has 1 amide bonds. The minimum atomic E-state index is -0.776. The fourth-order valence-corrected chi connectivity index (χ4v) is 3.02. The number of ketones is 1. The van der Waals surface area contributed by atoms with Crippen molar-refractivity contribution in [3.8, 4) is 22.6 Å². The Morgan fingerprint density at radius 3 is 2.40 bits per heavy atom. The number of ether oxygens (including phenoxy) is 3. The Morgan fingerprint density at radius 2 is 1.83 bits per heavy atom. The fourth-order valence-electron chi connectivity index (χ4n) is 3.02. The molecule has 0 bridgehead atoms. The molecule has 0 atom stereocenters. The summed E-state index contributed by atoms with van der Waals surface area (Å²) in [5.41, 5.74) is 1.32. The third-order valence-electron chi connectivity index (χ3n) is 4.45. The number of methoxy groups -OCH3 is 2. The molecule has 1 aromatic carbocycles. The molecule has 0 spiro atoms. The summed E-state index contributed by atoms with van der Waals surface area (Å²) < 4.78 is 15.9. The normalized spacial score (nSPS) is 10.6. The topological polar surface area (TPSA) is 107 Å². The van der Waals surface area contributed by atoms with Gasteiger partial charge in [0.15, 0.2) is 0 Å². The number of amides is 1. The molecule has 30 heavy (non-hydrogen) atoms. The molecule has 0 aliphatic carbocycles. The lowest BCUT2D eigenvalue weighted by Gasteiger charge is -2.13. The highest BCUT2D eigenvalue weighted by Gasteiger charge is 2.31. The summed E-state index contributed by atoms with van der Waals surface area (Å²) in [4.78, 5) is 41.0. The van der Waals surface area contributed by atoms with Crippen molar-refractivity contribution in [2.24, 2.45) is 5.92 Å². The SMILES string of the molecule is CCOC(=O)c1c(C)[nH]c(C(=O)C(=O)NCC(C)C)c1-c1ccc(OC)cc1OC. The van der Waals surface area contributed by atoms with E-state index in [9.17, 15) is 14.4 Å². The van der Waals surface area contributed by atoms with E-state index in [1.807, 2.05) is 13.8 Å². The van der Waals surface area contributed by atoms with Crippen molar-refractivity contribution in [3.63, 3.8) is 0 Å². The zero-order valence-electron chi connectivity index (χ0n) is 18.2. The van der Waals surface area contributed by atoms with E-state index < -0.39 is 17.7 Å². The number of Topliss-reactive ketones (excluding diaryl/α,β-unsaturated/α-hetero) is 1. The lowest BCUT2D eigenvalue weighted by Crippen LogP contribution is -2.34. The first-order chi connectivity index (χ1) is 14.2. The zero-order chi connectivity index (χ0) is 22.4. The maximum atomic E-state index is 13.0. The molecule has 8 heteroatoms. The largest absolute Gasteiger partial charge is 0.497 e. The molecule has 1 aromatic heterocycles. The summed E-state index contributed by atoms with van der Waals surface area (Å²) >= 11 is 0. The van der Waals surface area contributed by atoms with Crippen LogP contribution in [0.15, 0.2) is 18.2 Å². The highest BCUT2D eigenvalue weighted by Crippen LogP contribution is 2.39. The lowest BCUT2D eigenvalue weighted by molar-refractivity contribution is -0.117. The first-order valence-electron chi connectivity index (χ1n) is 9.69. The number of aryl methyl sites for hydroxylation is 1. The minimum Gasteiger partial charge on any atom is -0.497 e. The number of hydrogen-bond acceptors (Lipinski definition) is 6. The van der Waals surface area contributed by atoms with E-state index in [1.165, 1.54) is 14.2 Å². The number of H-pyrrole nitrogens is 1. The third-order valence-corrected chi connectivity index (χ3v) is 4.45. The van der Waals surface area contributed by atoms with E-state index in [0.29, 0.717) is 29.3 Å². The second-order valence-electron chi connectivity index (χ2n) is 7.09. The van der Waals surface area contributed by atoms with Crippen molar-refractivity contribution < 1.29 is 28.6 Å². The number of aromatic amines is 1. The van der Waals surface area contributed by atoms with Gasteiger partial charge in [-0.2, -0.15) is 0 Å². The molecule has 162 valence electrons. The molecule has 2 aromatic rings. The van der Waals surface area contributed by atoms with Gasteiger partial charge >= 0.3 is 5.97 Å². The van der Waals surface area contributed by atoms with Gasteiger partial charge in [0.25, 0.3) is 11.7 Å². The molecule has 8 nitrogen and oxygen atoms in total. The molecular weight excluding hydrogens is 388 g/mol. The number of esters is 1. The third kappa shape index (κ3) is 4.82. The Balaban J connectivity index is 2.68. The molecule has 0 aliphatic rings. The smallest absolute Gasteiger partial charge is 0.340 e. The van der Waals surface area contributed by atoms with Gasteiger partial charge in [0, 0.05) is 29.4 Å². The van der Waals surface area contributed by atoms with Crippen LogP contribution in [-0.4, -0.2) is 50.0 Å². The van der Waals surface area contributed by atoms with Crippen molar-refractivity contribution in [3.05, 3.63) is 35.2 Å². The van der Waals surface area contributed by atoms with E-state index in [0.717, 1.165) is 0 Å². The number of aromatic nitrogens is 1. The van der Waals surface area contributed by atoms with Gasteiger partial charge in [0.05, 0.1) is 26.4 Å². The molecule has 2 rings (SSSR count). The Hall–Kier alpha value is -3.29. The second-order valence-corrected chi connectivity index (χ2v) is 7.09. The van der Waals surface area contributed by atoms with E-state index in [-0.39, 0.29) is 29.3 Å². The maximum absolute atomic E-state index is 13.0. The molecule has 0 unspecified atom stereocenters. The van der Waals surface area contributed by atoms with Gasteiger partial charge in [-0.15, -0.1) is 0 Å². The Morgan fingerprint density at radius 1 is 1.13 bits per heavy atom. The monoisotopic (exact) mass is 416 g/mol. The predicted octanol–water partition coefficient (Wildman–Crippen LogP) is 3.14. The summed E-state index contributed by atoms with van der Waals surface area (Å²) in [6.07, 6.45) is 0. The van der Waals surface area contributed by atoms with Crippen LogP contribution in [0, 0.1) is 12.8 Å². The van der Waals surface area contributed by atoms with Gasteiger partial charge in [-0.25, -0.2) is 4.79 Å². The van der Waals surface area contributed by atoms with Gasteiger partial charge in [0.1, 0.15) is 17.2 Å². The molecular formula is C22H28N2O6. The number of nitrogens with one attached hydrogen (secondary N) is 2. The van der Waals surface area contributed by atoms with Gasteiger partial charge in [0.2, 0.25) is 0 Å². The fraction of sp³-hybridized carbons (Fsp3) is 0.409. The van der Waals surface area contributed by atoms with E-state index in [4.69, 9.17) is 14.2 Å². The standard InChI is InChI=1S/C22H28N2O6/c1-7-30-22(27)17-13(4)24-19(20(25)21(26)23-11-12(2)3)18(17)15-9-8-14(28-5)10-16(15)29-6/h8-10,12,24H,7,11H2,1-6H3,(H,23,26). The minimum absolute atomic E-state index is 0.000256. The van der Waals surface area contributed by atoms with Crippen LogP contribution >= 0.6 is 0 Å². The first kappa shape index (κ1) is 23.0. The average Bonchev–Trinajstić information content (AvgIpc) is 3.07. The van der Waals surface area contributed by atoms with Crippen molar-refractivity contribution >= 4 is 17.7 Å². The van der Waals surface area contributed by atoms with Crippen LogP contribution in [0.1, 0.15) is 47.3 Å². The summed E-state index contributed by atoms with van der Waals surface area (Å²) in [5, 5.41) is 2.61. The Bertz CT molecular complexity index is 945. The first-order valence-corrected chi connectivity index (χ1v) is 9.69. The molecule has 0 radical (unpaired) electrons. The van der Waals surface area contributed by atoms with E-state index in [2.05, 4.69) is 10.3 Å². The summed E-state index contributed by atoms with van der Waals surface area (Å²) in [7, 11) is 2.99. The van der Waals surface area contributed by atoms with Crippen LogP contribution in [0.4, 0.5) is 0 Å². The zero-order valence-corrected chi connectivity index (χ0v) is 18.2. The predicted molar refractivity (Wildman–Crippen MR) is 112 cm³/mol. The van der Waals surface area contributed by atoms with Crippen molar-refractivity contribution in [1.82, 2.24) is 10.3 Å². The number of hydrogen-bond donors (Lipinski definition) is 2. The molecule has 0 aliphatic heterocycles. The summed E-state index contributed by atoms with van der Waals surface area (Å²) in [5.74, 6) is -1.01. The lowest BCUT2D eigenvalue weighted by atomic mass is 9.97. The molecule has 0 saturated heterocycles. The highest BCUT2D eigenvalue weighted by atomic mass is 16.5. The summed E-state index contributed by atoms with van der Waals surface area (Å²) in [6, 6.07) is 4.99. The van der Waals surface area contributed by atoms with E-state index >= 15 is 0 Å². The van der Waals surface area contributed by atoms with E-state index in [1.54, 1.807) is 32.0 Å². The number of rotatable bonds is 9. The van der Waals surface area contributed by atoms with Gasteiger partial charge in [-0.3, -0.25) is 9.59 Å². The van der Waals surface area contributed by atoms with Crippen LogP contribution in [0.5, 0.6) is 11.5 Å². The number of benzene rings is 1. The average molecular weight is 416 g/mol. The van der Waals surface area contributed by atoms with Crippen LogP contribution in [-0.2, 0) is 9.53 Å². The molecule has 2 N–H and O–H groups in total. The molecule has 0 saturated carbocycles. The number of carbonyl (C=O) groups is 3. The van der Waals surface area contributed by atoms with Gasteiger partial charge in [-0.1, -0.05) is 13.8 Å². The van der Waals surface area contributed by atoms with Crippen molar-refractivity contribution in [2.45, 2.75) is 27.7 Å². The second kappa shape index (κ2) is 9.96. The Labute approximate surface area is 175 Å². The Kier molecular flexibility index (Phi) is 7.63. The van der Waals surface area contributed by atoms with Crippen LogP contribution in [0.3, 0.4) is 0 Å². The quantitative estimate of drug-likeness (QED) is 0.369. The molecule has 1 heterocycles. The van der Waals surface area contributed by atoms with Crippen LogP contribution < -0.4 is 14.8 Å². The highest BCUT2D eigenvalue weighted by molar-refractivity contribution is 6.44. The van der Waals surface area contributed by atoms with Gasteiger partial charge in [-0.05, 0) is 31.9 Å². The maximum Gasteiger partial charge on any atom is 0.340 e. The van der Waals surface area contributed by atoms with Crippen molar-refractivity contribution in [2.75, 3.05) is 27.4 Å². The molecule has 0 fully saturated rings. The van der Waals surface area contributed by atoms with Crippen LogP contribution in [0.2, 0.25) is 0 Å². The summed E-state index contributed by atoms with van der Waals surface area (Å²) in [6.45, 7) is 7.72.